The summed E-state index contributed by atoms with van der Waals surface area (Å²) in [7, 11) is 0. The average Bonchev–Trinajstić information content (AvgIpc) is 3.43. The van der Waals surface area contributed by atoms with Gasteiger partial charge in [-0.1, -0.05) is 36.4 Å². The molecule has 162 valence electrons. The van der Waals surface area contributed by atoms with E-state index in [2.05, 4.69) is 35.0 Å². The fraction of sp³-hybridized carbons (Fsp3) is 0.400. The molecule has 0 spiro atoms. The Morgan fingerprint density at radius 2 is 1.97 bits per heavy atom. The molecule has 1 N–H and O–H groups in total. The van der Waals surface area contributed by atoms with E-state index in [4.69, 9.17) is 4.74 Å². The van der Waals surface area contributed by atoms with Crippen LogP contribution < -0.4 is 5.32 Å². The van der Waals surface area contributed by atoms with E-state index in [1.54, 1.807) is 16.2 Å². The maximum atomic E-state index is 15.3. The summed E-state index contributed by atoms with van der Waals surface area (Å²) in [5.74, 6) is 0.473. The molecular weight excluding hydrogens is 411 g/mol. The van der Waals surface area contributed by atoms with Crippen LogP contribution in [0.15, 0.2) is 60.0 Å². The van der Waals surface area contributed by atoms with Crippen LogP contribution in [0.3, 0.4) is 0 Å². The summed E-state index contributed by atoms with van der Waals surface area (Å²) in [6.07, 6.45) is 1.39. The minimum absolute atomic E-state index is 0.249. The number of ether oxygens (including phenoxy) is 1. The summed E-state index contributed by atoms with van der Waals surface area (Å²) >= 11 is 1.76. The first kappa shape index (κ1) is 20.5. The summed E-state index contributed by atoms with van der Waals surface area (Å²) in [5, 5.41) is 6.85. The Labute approximate surface area is 186 Å². The lowest BCUT2D eigenvalue weighted by molar-refractivity contribution is 0.0408. The molecule has 2 aromatic carbocycles. The molecule has 1 saturated heterocycles. The number of alkyl halides is 1. The number of nitrogens with one attached hydrogen (secondary N) is 1. The van der Waals surface area contributed by atoms with Gasteiger partial charge in [-0.15, -0.1) is 11.3 Å². The topological polar surface area (TPSA) is 41.6 Å². The summed E-state index contributed by atoms with van der Waals surface area (Å²) in [6.45, 7) is 1.39. The molecule has 2 fully saturated rings. The highest BCUT2D eigenvalue weighted by Gasteiger charge is 2.42. The second kappa shape index (κ2) is 8.60. The number of hydrogen-bond donors (Lipinski definition) is 1. The van der Waals surface area contributed by atoms with Crippen LogP contribution in [0.4, 0.5) is 9.18 Å². The lowest BCUT2D eigenvalue weighted by atomic mass is 9.93. The van der Waals surface area contributed by atoms with E-state index >= 15 is 4.39 Å². The van der Waals surface area contributed by atoms with Gasteiger partial charge in [-0.3, -0.25) is 0 Å². The molecule has 1 aliphatic heterocycles. The van der Waals surface area contributed by atoms with Crippen molar-refractivity contribution in [3.63, 3.8) is 0 Å². The summed E-state index contributed by atoms with van der Waals surface area (Å²) in [4.78, 5) is 13.9. The van der Waals surface area contributed by atoms with E-state index in [1.807, 2.05) is 30.3 Å². The van der Waals surface area contributed by atoms with Crippen molar-refractivity contribution in [1.82, 2.24) is 10.2 Å². The number of rotatable bonds is 6. The van der Waals surface area contributed by atoms with Gasteiger partial charge in [0.25, 0.3) is 0 Å². The summed E-state index contributed by atoms with van der Waals surface area (Å²) < 4.78 is 22.0. The van der Waals surface area contributed by atoms with E-state index in [-0.39, 0.29) is 12.7 Å². The first-order valence-corrected chi connectivity index (χ1v) is 11.8. The molecule has 6 heteroatoms. The molecule has 5 rings (SSSR count). The van der Waals surface area contributed by atoms with Crippen LogP contribution in [0.1, 0.15) is 36.3 Å². The van der Waals surface area contributed by atoms with Gasteiger partial charge >= 0.3 is 6.09 Å². The third-order valence-corrected chi connectivity index (χ3v) is 7.40. The van der Waals surface area contributed by atoms with Crippen LogP contribution in [-0.4, -0.2) is 42.3 Å². The second-order valence-electron chi connectivity index (χ2n) is 8.73. The minimum Gasteiger partial charge on any atom is -0.445 e. The van der Waals surface area contributed by atoms with E-state index in [9.17, 15) is 4.79 Å². The largest absolute Gasteiger partial charge is 0.445 e. The summed E-state index contributed by atoms with van der Waals surface area (Å²) in [5.41, 5.74) is 1.03. The monoisotopic (exact) mass is 438 g/mol. The van der Waals surface area contributed by atoms with E-state index < -0.39 is 5.67 Å². The Hall–Kier alpha value is -2.44. The minimum atomic E-state index is -1.26. The molecule has 2 atom stereocenters. The number of halogens is 1. The predicted molar refractivity (Wildman–Crippen MR) is 122 cm³/mol. The van der Waals surface area contributed by atoms with Gasteiger partial charge in [0.05, 0.1) is 0 Å². The fourth-order valence-electron chi connectivity index (χ4n) is 4.40. The molecule has 3 aromatic rings. The number of carbonyl (C=O) groups is 1. The standard InChI is InChI=1S/C25H27FN2O2S/c26-25(9-11-28(12-10-25)24(29)30-16-18-4-2-1-3-5-18)17-27-22-15-21(22)19-6-7-23-20(14-19)8-13-31-23/h1-8,13-14,21-22,27H,9-12,15-17H2/t21-,22+/m0/s1. The molecule has 1 saturated carbocycles. The van der Waals surface area contributed by atoms with E-state index in [1.165, 1.54) is 15.6 Å². The average molecular weight is 439 g/mol. The quantitative estimate of drug-likeness (QED) is 0.553. The molecule has 1 amide bonds. The molecule has 2 heterocycles. The van der Waals surface area contributed by atoms with Gasteiger partial charge in [-0.25, -0.2) is 9.18 Å². The molecule has 1 aliphatic carbocycles. The van der Waals surface area contributed by atoms with Gasteiger partial charge in [-0.2, -0.15) is 0 Å². The number of hydrogen-bond acceptors (Lipinski definition) is 4. The van der Waals surface area contributed by atoms with Crippen LogP contribution in [-0.2, 0) is 11.3 Å². The molecule has 0 bridgehead atoms. The Morgan fingerprint density at radius 1 is 1.16 bits per heavy atom. The molecule has 4 nitrogen and oxygen atoms in total. The number of carbonyl (C=O) groups excluding carboxylic acids is 1. The van der Waals surface area contributed by atoms with Crippen molar-refractivity contribution in [2.45, 2.75) is 43.5 Å². The van der Waals surface area contributed by atoms with Gasteiger partial charge in [0, 0.05) is 49.1 Å². The van der Waals surface area contributed by atoms with Crippen molar-refractivity contribution in [3.8, 4) is 0 Å². The Morgan fingerprint density at radius 3 is 2.77 bits per heavy atom. The van der Waals surface area contributed by atoms with Crippen molar-refractivity contribution >= 4 is 27.5 Å². The molecule has 0 radical (unpaired) electrons. The maximum Gasteiger partial charge on any atom is 0.410 e. The van der Waals surface area contributed by atoms with Gasteiger partial charge in [0.15, 0.2) is 0 Å². The highest BCUT2D eigenvalue weighted by atomic mass is 32.1. The maximum absolute atomic E-state index is 15.3. The van der Waals surface area contributed by atoms with Gasteiger partial charge in [-0.05, 0) is 46.5 Å². The lowest BCUT2D eigenvalue weighted by Crippen LogP contribution is -2.49. The number of fused-ring (bicyclic) bond motifs is 1. The Kier molecular flexibility index (Phi) is 5.67. The zero-order valence-electron chi connectivity index (χ0n) is 17.4. The highest BCUT2D eigenvalue weighted by molar-refractivity contribution is 7.17. The number of nitrogens with zero attached hydrogens (tertiary/aromatic N) is 1. The molecule has 31 heavy (non-hydrogen) atoms. The predicted octanol–water partition coefficient (Wildman–Crippen LogP) is 5.49. The van der Waals surface area contributed by atoms with Crippen molar-refractivity contribution in [2.75, 3.05) is 19.6 Å². The van der Waals surface area contributed by atoms with Crippen molar-refractivity contribution < 1.29 is 13.9 Å². The Bertz CT molecular complexity index is 1050. The first-order valence-electron chi connectivity index (χ1n) is 10.9. The van der Waals surface area contributed by atoms with Crippen LogP contribution >= 0.6 is 11.3 Å². The molecule has 2 aliphatic rings. The number of amides is 1. The van der Waals surface area contributed by atoms with Crippen LogP contribution in [0, 0.1) is 0 Å². The number of thiophene rings is 1. The van der Waals surface area contributed by atoms with E-state index in [0.29, 0.717) is 44.4 Å². The van der Waals surface area contributed by atoms with Crippen molar-refractivity contribution in [2.24, 2.45) is 0 Å². The SMILES string of the molecule is O=C(OCc1ccccc1)N1CCC(F)(CN[C@@H]2C[C@H]2c2ccc3sccc3c2)CC1. The van der Waals surface area contributed by atoms with Crippen LogP contribution in [0.25, 0.3) is 10.1 Å². The molecule has 1 aromatic heterocycles. The highest BCUT2D eigenvalue weighted by Crippen LogP contribution is 2.42. The van der Waals surface area contributed by atoms with Crippen LogP contribution in [0.2, 0.25) is 0 Å². The fourth-order valence-corrected chi connectivity index (χ4v) is 5.17. The van der Waals surface area contributed by atoms with Crippen molar-refractivity contribution in [1.29, 1.82) is 0 Å². The number of likely N-dealkylation sites (tertiary alicyclic amines) is 1. The summed E-state index contributed by atoms with van der Waals surface area (Å²) in [6, 6.07) is 18.8. The van der Waals surface area contributed by atoms with Crippen LogP contribution in [0.5, 0.6) is 0 Å². The normalized spacial score (nSPS) is 22.4. The van der Waals surface area contributed by atoms with Gasteiger partial charge in [0.2, 0.25) is 0 Å². The smallest absolute Gasteiger partial charge is 0.410 e. The molecular formula is C25H27FN2O2S. The lowest BCUT2D eigenvalue weighted by Gasteiger charge is -2.36. The third-order valence-electron chi connectivity index (χ3n) is 6.50. The second-order valence-corrected chi connectivity index (χ2v) is 9.67. The molecule has 0 unspecified atom stereocenters. The number of piperidine rings is 1. The third kappa shape index (κ3) is 4.75. The zero-order valence-corrected chi connectivity index (χ0v) is 18.2. The van der Waals surface area contributed by atoms with Gasteiger partial charge < -0.3 is 15.0 Å². The van der Waals surface area contributed by atoms with Crippen molar-refractivity contribution in [3.05, 3.63) is 71.1 Å². The first-order chi connectivity index (χ1) is 15.1. The van der Waals surface area contributed by atoms with E-state index in [0.717, 1.165) is 12.0 Å². The number of benzene rings is 2. The Balaban J connectivity index is 1.06. The van der Waals surface area contributed by atoms with Gasteiger partial charge in [0.1, 0.15) is 12.3 Å². The zero-order chi connectivity index (χ0) is 21.3.